The van der Waals surface area contributed by atoms with Gasteiger partial charge >= 0.3 is 5.97 Å². The maximum absolute atomic E-state index is 11.1. The molecule has 4 nitrogen and oxygen atoms in total. The number of nitrogens with two attached hydrogens (primary N) is 1. The number of carbonyl (C=O) groups is 1. The highest BCUT2D eigenvalue weighted by Gasteiger charge is 2.49. The van der Waals surface area contributed by atoms with Gasteiger partial charge in [0, 0.05) is 0 Å². The molecule has 92 valence electrons. The summed E-state index contributed by atoms with van der Waals surface area (Å²) >= 11 is 0. The quantitative estimate of drug-likeness (QED) is 0.819. The van der Waals surface area contributed by atoms with Crippen molar-refractivity contribution in [3.63, 3.8) is 0 Å². The van der Waals surface area contributed by atoms with E-state index in [2.05, 4.69) is 0 Å². The number of aryl methyl sites for hydroxylation is 2. The van der Waals surface area contributed by atoms with Gasteiger partial charge in [0.2, 0.25) is 0 Å². The molecule has 3 N–H and O–H groups in total. The van der Waals surface area contributed by atoms with Gasteiger partial charge in [-0.25, -0.2) is 0 Å². The summed E-state index contributed by atoms with van der Waals surface area (Å²) in [4.78, 5) is 11.1. The fourth-order valence-electron chi connectivity index (χ4n) is 2.33. The van der Waals surface area contributed by atoms with Gasteiger partial charge in [-0.2, -0.15) is 0 Å². The predicted molar refractivity (Wildman–Crippen MR) is 64.0 cm³/mol. The first kappa shape index (κ1) is 12.1. The van der Waals surface area contributed by atoms with Crippen LogP contribution in [0.1, 0.15) is 16.7 Å². The lowest BCUT2D eigenvalue weighted by molar-refractivity contribution is -0.148. The third-order valence-corrected chi connectivity index (χ3v) is 3.51. The van der Waals surface area contributed by atoms with Gasteiger partial charge < -0.3 is 15.6 Å². The molecule has 1 unspecified atom stereocenters. The van der Waals surface area contributed by atoms with Gasteiger partial charge in [-0.05, 0) is 25.0 Å². The Labute approximate surface area is 100 Å². The van der Waals surface area contributed by atoms with Crippen LogP contribution in [0, 0.1) is 13.8 Å². The Morgan fingerprint density at radius 1 is 1.47 bits per heavy atom. The standard InChI is InChI=1S/C13H17NO3/c1-8-3-4-9(2)10(5-8)13(6-17-7-13)11(14)12(15)16/h3-5,11H,6-7,14H2,1-2H3,(H,15,16). The van der Waals surface area contributed by atoms with Gasteiger partial charge in [0.25, 0.3) is 0 Å². The van der Waals surface area contributed by atoms with Crippen molar-refractivity contribution in [2.75, 3.05) is 13.2 Å². The molecule has 1 aliphatic rings. The molecule has 0 saturated carbocycles. The van der Waals surface area contributed by atoms with Crippen molar-refractivity contribution in [1.29, 1.82) is 0 Å². The van der Waals surface area contributed by atoms with Crippen LogP contribution in [0.3, 0.4) is 0 Å². The second kappa shape index (κ2) is 4.13. The topological polar surface area (TPSA) is 72.6 Å². The van der Waals surface area contributed by atoms with Crippen molar-refractivity contribution < 1.29 is 14.6 Å². The summed E-state index contributed by atoms with van der Waals surface area (Å²) in [7, 11) is 0. The molecule has 1 heterocycles. The minimum atomic E-state index is -0.978. The predicted octanol–water partition coefficient (Wildman–Crippen LogP) is 0.983. The van der Waals surface area contributed by atoms with E-state index in [4.69, 9.17) is 15.6 Å². The van der Waals surface area contributed by atoms with E-state index >= 15 is 0 Å². The summed E-state index contributed by atoms with van der Waals surface area (Å²) in [5.41, 5.74) is 8.43. The van der Waals surface area contributed by atoms with Crippen molar-refractivity contribution in [2.45, 2.75) is 25.3 Å². The van der Waals surface area contributed by atoms with E-state index in [1.165, 1.54) is 0 Å². The zero-order valence-electron chi connectivity index (χ0n) is 10.1. The van der Waals surface area contributed by atoms with E-state index in [9.17, 15) is 4.79 Å². The van der Waals surface area contributed by atoms with Crippen molar-refractivity contribution in [3.8, 4) is 0 Å². The van der Waals surface area contributed by atoms with Crippen molar-refractivity contribution in [3.05, 3.63) is 34.9 Å². The molecule has 1 aliphatic heterocycles. The minimum Gasteiger partial charge on any atom is -0.480 e. The van der Waals surface area contributed by atoms with E-state index in [1.54, 1.807) is 0 Å². The van der Waals surface area contributed by atoms with Crippen LogP contribution in [0.15, 0.2) is 18.2 Å². The maximum Gasteiger partial charge on any atom is 0.321 e. The fraction of sp³-hybridized carbons (Fsp3) is 0.462. The number of carboxylic acids is 1. The van der Waals surface area contributed by atoms with Crippen LogP contribution in [0.25, 0.3) is 0 Å². The van der Waals surface area contributed by atoms with E-state index in [0.717, 1.165) is 16.7 Å². The van der Waals surface area contributed by atoms with Crippen LogP contribution in [-0.2, 0) is 14.9 Å². The van der Waals surface area contributed by atoms with Crippen LogP contribution in [0.5, 0.6) is 0 Å². The minimum absolute atomic E-state index is 0.380. The van der Waals surface area contributed by atoms with Crippen LogP contribution in [0.2, 0.25) is 0 Å². The summed E-state index contributed by atoms with van der Waals surface area (Å²) < 4.78 is 5.22. The molecule has 0 aromatic heterocycles. The molecule has 1 atom stereocenters. The van der Waals surface area contributed by atoms with Gasteiger partial charge in [-0.3, -0.25) is 4.79 Å². The number of hydrogen-bond donors (Lipinski definition) is 2. The monoisotopic (exact) mass is 235 g/mol. The summed E-state index contributed by atoms with van der Waals surface area (Å²) in [6, 6.07) is 5.11. The molecule has 17 heavy (non-hydrogen) atoms. The number of aliphatic carboxylic acids is 1. The second-order valence-corrected chi connectivity index (χ2v) is 4.78. The SMILES string of the molecule is Cc1ccc(C)c(C2(C(N)C(=O)O)COC2)c1. The Balaban J connectivity index is 2.48. The molecule has 0 amide bonds. The number of carboxylic acid groups (broad SMARTS) is 1. The third kappa shape index (κ3) is 1.83. The van der Waals surface area contributed by atoms with Crippen LogP contribution >= 0.6 is 0 Å². The molecular formula is C13H17NO3. The molecule has 1 aromatic carbocycles. The van der Waals surface area contributed by atoms with Gasteiger partial charge in [0.15, 0.2) is 0 Å². The smallest absolute Gasteiger partial charge is 0.321 e. The van der Waals surface area contributed by atoms with Crippen LogP contribution in [0.4, 0.5) is 0 Å². The molecule has 0 spiro atoms. The molecule has 1 aromatic rings. The highest BCUT2D eigenvalue weighted by Crippen LogP contribution is 2.37. The normalized spacial score (nSPS) is 19.5. The third-order valence-electron chi connectivity index (χ3n) is 3.51. The molecule has 0 radical (unpaired) electrons. The first-order valence-corrected chi connectivity index (χ1v) is 5.61. The Kier molecular flexibility index (Phi) is 2.93. The summed E-state index contributed by atoms with van der Waals surface area (Å²) in [6.07, 6.45) is 0. The lowest BCUT2D eigenvalue weighted by Crippen LogP contribution is -2.62. The lowest BCUT2D eigenvalue weighted by Gasteiger charge is -2.45. The number of hydrogen-bond acceptors (Lipinski definition) is 3. The van der Waals surface area contributed by atoms with Gasteiger partial charge in [0.05, 0.1) is 18.6 Å². The molecule has 1 saturated heterocycles. The van der Waals surface area contributed by atoms with E-state index < -0.39 is 17.4 Å². The molecule has 0 aliphatic carbocycles. The van der Waals surface area contributed by atoms with Gasteiger partial charge in [0.1, 0.15) is 6.04 Å². The van der Waals surface area contributed by atoms with Crippen molar-refractivity contribution >= 4 is 5.97 Å². The molecule has 4 heteroatoms. The second-order valence-electron chi connectivity index (χ2n) is 4.78. The van der Waals surface area contributed by atoms with Crippen LogP contribution < -0.4 is 5.73 Å². The zero-order chi connectivity index (χ0) is 12.6. The van der Waals surface area contributed by atoms with Gasteiger partial charge in [-0.1, -0.05) is 23.8 Å². The molecule has 2 rings (SSSR count). The average Bonchev–Trinajstić information content (AvgIpc) is 2.21. The Morgan fingerprint density at radius 2 is 2.12 bits per heavy atom. The largest absolute Gasteiger partial charge is 0.480 e. The first-order valence-electron chi connectivity index (χ1n) is 5.61. The molecule has 1 fully saturated rings. The Morgan fingerprint density at radius 3 is 2.59 bits per heavy atom. The summed E-state index contributed by atoms with van der Waals surface area (Å²) in [5.74, 6) is -0.978. The molecule has 0 bridgehead atoms. The highest BCUT2D eigenvalue weighted by molar-refractivity contribution is 5.76. The average molecular weight is 235 g/mol. The van der Waals surface area contributed by atoms with E-state index in [1.807, 2.05) is 32.0 Å². The van der Waals surface area contributed by atoms with Gasteiger partial charge in [-0.15, -0.1) is 0 Å². The highest BCUT2D eigenvalue weighted by atomic mass is 16.5. The zero-order valence-corrected chi connectivity index (χ0v) is 10.1. The van der Waals surface area contributed by atoms with Crippen molar-refractivity contribution in [2.24, 2.45) is 5.73 Å². The summed E-state index contributed by atoms with van der Waals surface area (Å²) in [5, 5.41) is 9.12. The lowest BCUT2D eigenvalue weighted by atomic mass is 9.71. The Hall–Kier alpha value is -1.39. The van der Waals surface area contributed by atoms with Crippen LogP contribution in [-0.4, -0.2) is 30.3 Å². The number of ether oxygens (including phenoxy) is 1. The van der Waals surface area contributed by atoms with E-state index in [0.29, 0.717) is 13.2 Å². The van der Waals surface area contributed by atoms with Crippen molar-refractivity contribution in [1.82, 2.24) is 0 Å². The molecular weight excluding hydrogens is 218 g/mol. The number of benzene rings is 1. The first-order chi connectivity index (χ1) is 7.97. The summed E-state index contributed by atoms with van der Waals surface area (Å²) in [6.45, 7) is 4.72. The number of rotatable bonds is 3. The Bertz CT molecular complexity index is 452. The fourth-order valence-corrected chi connectivity index (χ4v) is 2.33. The maximum atomic E-state index is 11.1. The van der Waals surface area contributed by atoms with E-state index in [-0.39, 0.29) is 0 Å².